The molecule has 0 fully saturated rings. The van der Waals surface area contributed by atoms with Gasteiger partial charge in [0.1, 0.15) is 5.75 Å². The first-order valence-electron chi connectivity index (χ1n) is 5.43. The largest absolute Gasteiger partial charge is 0.506 e. The Morgan fingerprint density at radius 3 is 2.85 bits per heavy atom. The van der Waals surface area contributed by atoms with Gasteiger partial charge in [0.25, 0.3) is 5.69 Å². The zero-order valence-electron chi connectivity index (χ0n) is 10.1. The number of amides is 1. The number of hydrogen-bond acceptors (Lipinski definition) is 7. The van der Waals surface area contributed by atoms with E-state index in [0.29, 0.717) is 10.8 Å². The van der Waals surface area contributed by atoms with Crippen LogP contribution in [-0.4, -0.2) is 20.9 Å². The molecule has 0 spiro atoms. The van der Waals surface area contributed by atoms with Crippen molar-refractivity contribution in [2.45, 2.75) is 6.42 Å². The zero-order valence-corrected chi connectivity index (χ0v) is 10.9. The number of rotatable bonds is 4. The van der Waals surface area contributed by atoms with Crippen molar-refractivity contribution in [2.75, 3.05) is 11.1 Å². The third kappa shape index (κ3) is 3.20. The molecule has 0 aliphatic heterocycles. The Kier molecular flexibility index (Phi) is 3.80. The van der Waals surface area contributed by atoms with E-state index in [4.69, 9.17) is 5.73 Å². The van der Waals surface area contributed by atoms with E-state index in [1.807, 2.05) is 0 Å². The number of nitrogen functional groups attached to an aromatic ring is 1. The molecule has 20 heavy (non-hydrogen) atoms. The number of carbonyl (C=O) groups is 1. The summed E-state index contributed by atoms with van der Waals surface area (Å²) in [4.78, 5) is 25.5. The molecule has 104 valence electrons. The molecule has 0 radical (unpaired) electrons. The molecule has 2 aromatic rings. The van der Waals surface area contributed by atoms with Crippen molar-refractivity contribution >= 4 is 33.8 Å². The van der Waals surface area contributed by atoms with Gasteiger partial charge in [-0.3, -0.25) is 14.9 Å². The minimum atomic E-state index is -0.636. The second-order valence-electron chi connectivity index (χ2n) is 3.86. The first kappa shape index (κ1) is 13.7. The highest BCUT2D eigenvalue weighted by molar-refractivity contribution is 7.13. The second kappa shape index (κ2) is 5.53. The molecule has 0 unspecified atom stereocenters. The lowest BCUT2D eigenvalue weighted by atomic mass is 10.2. The van der Waals surface area contributed by atoms with Crippen LogP contribution in [0, 0.1) is 10.1 Å². The van der Waals surface area contributed by atoms with Crippen LogP contribution in [0.1, 0.15) is 5.69 Å². The van der Waals surface area contributed by atoms with Crippen LogP contribution >= 0.6 is 11.3 Å². The summed E-state index contributed by atoms with van der Waals surface area (Å²) in [6, 6.07) is 3.42. The molecule has 8 nitrogen and oxygen atoms in total. The van der Waals surface area contributed by atoms with Gasteiger partial charge in [-0.05, 0) is 6.07 Å². The normalized spacial score (nSPS) is 10.2. The number of nitrogens with two attached hydrogens (primary N) is 1. The number of aromatic nitrogens is 1. The number of anilines is 2. The maximum absolute atomic E-state index is 11.7. The average Bonchev–Trinajstić information content (AvgIpc) is 2.77. The van der Waals surface area contributed by atoms with Crippen LogP contribution in [0.4, 0.5) is 16.5 Å². The molecule has 0 saturated heterocycles. The minimum Gasteiger partial charge on any atom is -0.506 e. The van der Waals surface area contributed by atoms with Gasteiger partial charge in [0.2, 0.25) is 5.91 Å². The minimum absolute atomic E-state index is 0.00409. The maximum Gasteiger partial charge on any atom is 0.273 e. The zero-order chi connectivity index (χ0) is 14.7. The maximum atomic E-state index is 11.7. The number of nitro groups is 1. The quantitative estimate of drug-likeness (QED) is 0.445. The van der Waals surface area contributed by atoms with E-state index in [2.05, 4.69) is 10.3 Å². The summed E-state index contributed by atoms with van der Waals surface area (Å²) >= 11 is 1.22. The van der Waals surface area contributed by atoms with Crippen molar-refractivity contribution < 1.29 is 14.8 Å². The number of nitro benzene ring substituents is 1. The molecule has 1 heterocycles. The van der Waals surface area contributed by atoms with Gasteiger partial charge in [-0.2, -0.15) is 0 Å². The van der Waals surface area contributed by atoms with E-state index in [0.717, 1.165) is 6.07 Å². The second-order valence-corrected chi connectivity index (χ2v) is 4.75. The topological polar surface area (TPSA) is 131 Å². The van der Waals surface area contributed by atoms with Crippen molar-refractivity contribution in [1.29, 1.82) is 0 Å². The highest BCUT2D eigenvalue weighted by atomic mass is 32.1. The Balaban J connectivity index is 2.06. The fraction of sp³-hybridized carbons (Fsp3) is 0.0909. The van der Waals surface area contributed by atoms with Gasteiger partial charge in [-0.1, -0.05) is 0 Å². The predicted octanol–water partition coefficient (Wildman–Crippen LogP) is 1.52. The van der Waals surface area contributed by atoms with Crippen molar-refractivity contribution in [3.05, 3.63) is 39.4 Å². The fourth-order valence-electron chi connectivity index (χ4n) is 1.50. The number of nitrogens with one attached hydrogen (secondary N) is 1. The summed E-state index contributed by atoms with van der Waals surface area (Å²) in [5.74, 6) is -0.773. The van der Waals surface area contributed by atoms with E-state index >= 15 is 0 Å². The number of non-ortho nitro benzene ring substituents is 1. The van der Waals surface area contributed by atoms with Gasteiger partial charge in [0.05, 0.1) is 28.8 Å². The lowest BCUT2D eigenvalue weighted by Crippen LogP contribution is -2.14. The molecular formula is C11H10N4O4S. The molecule has 0 bridgehead atoms. The molecular weight excluding hydrogens is 284 g/mol. The highest BCUT2D eigenvalue weighted by Crippen LogP contribution is 2.27. The summed E-state index contributed by atoms with van der Waals surface area (Å²) in [7, 11) is 0. The van der Waals surface area contributed by atoms with Crippen LogP contribution < -0.4 is 11.1 Å². The summed E-state index contributed by atoms with van der Waals surface area (Å²) in [6.07, 6.45) is 0.00409. The summed E-state index contributed by atoms with van der Waals surface area (Å²) < 4.78 is 0. The lowest BCUT2D eigenvalue weighted by Gasteiger charge is -2.06. The Labute approximate surface area is 117 Å². The van der Waals surface area contributed by atoms with Crippen LogP contribution in [0.15, 0.2) is 23.6 Å². The first-order valence-corrected chi connectivity index (χ1v) is 6.31. The smallest absolute Gasteiger partial charge is 0.273 e. The van der Waals surface area contributed by atoms with E-state index < -0.39 is 10.8 Å². The molecule has 9 heteroatoms. The van der Waals surface area contributed by atoms with Crippen LogP contribution in [0.25, 0.3) is 0 Å². The number of hydrogen-bond donors (Lipinski definition) is 3. The van der Waals surface area contributed by atoms with E-state index in [1.165, 1.54) is 23.5 Å². The molecule has 1 aromatic carbocycles. The van der Waals surface area contributed by atoms with Crippen molar-refractivity contribution in [1.82, 2.24) is 4.98 Å². The standard InChI is InChI=1S/C11H10N4O4S/c12-11-13-6(5-20-11)3-10(17)14-8-2-1-7(15(18)19)4-9(8)16/h1-2,4-5,16H,3H2,(H2,12,13)(H,14,17). The molecule has 1 amide bonds. The number of phenols is 1. The van der Waals surface area contributed by atoms with Gasteiger partial charge < -0.3 is 16.2 Å². The lowest BCUT2D eigenvalue weighted by molar-refractivity contribution is -0.384. The number of benzene rings is 1. The average molecular weight is 294 g/mol. The monoisotopic (exact) mass is 294 g/mol. The third-order valence-corrected chi connectivity index (χ3v) is 3.10. The van der Waals surface area contributed by atoms with Crippen LogP contribution in [0.2, 0.25) is 0 Å². The molecule has 2 rings (SSSR count). The van der Waals surface area contributed by atoms with Gasteiger partial charge >= 0.3 is 0 Å². The molecule has 0 saturated carbocycles. The number of nitrogens with zero attached hydrogens (tertiary/aromatic N) is 2. The molecule has 0 atom stereocenters. The van der Waals surface area contributed by atoms with Crippen molar-refractivity contribution in [2.24, 2.45) is 0 Å². The third-order valence-electron chi connectivity index (χ3n) is 2.38. The number of phenolic OH excluding ortho intramolecular Hbond substituents is 1. The molecule has 1 aromatic heterocycles. The number of thiazole rings is 1. The van der Waals surface area contributed by atoms with Gasteiger partial charge in [0, 0.05) is 11.4 Å². The Hall–Kier alpha value is -2.68. The summed E-state index contributed by atoms with van der Waals surface area (Å²) in [5, 5.41) is 24.6. The van der Waals surface area contributed by atoms with Gasteiger partial charge in [-0.15, -0.1) is 11.3 Å². The Bertz CT molecular complexity index is 670. The Morgan fingerprint density at radius 1 is 1.55 bits per heavy atom. The molecule has 4 N–H and O–H groups in total. The van der Waals surface area contributed by atoms with Crippen LogP contribution in [-0.2, 0) is 11.2 Å². The first-order chi connectivity index (χ1) is 9.45. The highest BCUT2D eigenvalue weighted by Gasteiger charge is 2.13. The van der Waals surface area contributed by atoms with Gasteiger partial charge in [0.15, 0.2) is 5.13 Å². The van der Waals surface area contributed by atoms with Crippen molar-refractivity contribution in [3.8, 4) is 5.75 Å². The van der Waals surface area contributed by atoms with Crippen molar-refractivity contribution in [3.63, 3.8) is 0 Å². The molecule has 0 aliphatic carbocycles. The predicted molar refractivity (Wildman–Crippen MR) is 73.6 cm³/mol. The summed E-state index contributed by atoms with van der Waals surface area (Å²) in [5.41, 5.74) is 5.81. The van der Waals surface area contributed by atoms with E-state index in [1.54, 1.807) is 5.38 Å². The molecule has 0 aliphatic rings. The van der Waals surface area contributed by atoms with Crippen LogP contribution in [0.3, 0.4) is 0 Å². The number of carbonyl (C=O) groups excluding carboxylic acids is 1. The Morgan fingerprint density at radius 2 is 2.30 bits per heavy atom. The fourth-order valence-corrected chi connectivity index (χ4v) is 2.06. The van der Waals surface area contributed by atoms with Gasteiger partial charge in [-0.25, -0.2) is 4.98 Å². The SMILES string of the molecule is Nc1nc(CC(=O)Nc2ccc([N+](=O)[O-])cc2O)cs1. The van der Waals surface area contributed by atoms with Crippen LogP contribution in [0.5, 0.6) is 5.75 Å². The number of aromatic hydroxyl groups is 1. The van der Waals surface area contributed by atoms with E-state index in [-0.39, 0.29) is 23.5 Å². The van der Waals surface area contributed by atoms with E-state index in [9.17, 15) is 20.0 Å². The summed E-state index contributed by atoms with van der Waals surface area (Å²) in [6.45, 7) is 0.